The zero-order valence-electron chi connectivity index (χ0n) is 20.4. The molecule has 2 rings (SSSR count). The van der Waals surface area contributed by atoms with Crippen LogP contribution in [0.25, 0.3) is 0 Å². The van der Waals surface area contributed by atoms with E-state index in [1.165, 1.54) is 11.0 Å². The second-order valence-electron chi connectivity index (χ2n) is 9.09. The van der Waals surface area contributed by atoms with Crippen molar-refractivity contribution in [2.45, 2.75) is 64.0 Å². The Morgan fingerprint density at radius 2 is 1.74 bits per heavy atom. The van der Waals surface area contributed by atoms with Crippen LogP contribution in [0.2, 0.25) is 0 Å². The maximum atomic E-state index is 12.6. The molecular formula is C25H33BrN2O5S. The van der Waals surface area contributed by atoms with Crippen LogP contribution in [-0.2, 0) is 32.3 Å². The number of rotatable bonds is 9. The minimum atomic E-state index is -3.52. The fourth-order valence-electron chi connectivity index (χ4n) is 3.23. The maximum absolute atomic E-state index is 12.6. The van der Waals surface area contributed by atoms with Crippen LogP contribution in [0, 0.1) is 0 Å². The number of nitrogens with zero attached hydrogens (tertiary/aromatic N) is 1. The predicted molar refractivity (Wildman–Crippen MR) is 138 cm³/mol. The SMILES string of the molecule is CCS(=O)(=O)c1ccc(NC(=O)CCCc2ccc(Br)cc2)cc1CN(C)C(=O)OC(C)(C)C. The average Bonchev–Trinajstić information content (AvgIpc) is 2.74. The highest BCUT2D eigenvalue weighted by Gasteiger charge is 2.23. The van der Waals surface area contributed by atoms with Crippen LogP contribution in [0.3, 0.4) is 0 Å². The van der Waals surface area contributed by atoms with Crippen molar-refractivity contribution in [3.63, 3.8) is 0 Å². The van der Waals surface area contributed by atoms with Gasteiger partial charge in [0, 0.05) is 23.6 Å². The Kier molecular flexibility index (Phi) is 9.70. The van der Waals surface area contributed by atoms with Crippen LogP contribution in [0.15, 0.2) is 51.8 Å². The number of aryl methyl sites for hydroxylation is 1. The Morgan fingerprint density at radius 1 is 1.09 bits per heavy atom. The lowest BCUT2D eigenvalue weighted by Crippen LogP contribution is -2.34. The Bertz CT molecular complexity index is 1110. The molecule has 1 N–H and O–H groups in total. The quantitative estimate of drug-likeness (QED) is 0.438. The summed E-state index contributed by atoms with van der Waals surface area (Å²) < 4.78 is 31.6. The number of ether oxygens (including phenoxy) is 1. The van der Waals surface area contributed by atoms with Crippen molar-refractivity contribution >= 4 is 43.5 Å². The van der Waals surface area contributed by atoms with Gasteiger partial charge >= 0.3 is 6.09 Å². The molecule has 0 fully saturated rings. The van der Waals surface area contributed by atoms with E-state index in [1.54, 1.807) is 46.9 Å². The van der Waals surface area contributed by atoms with Crippen molar-refractivity contribution in [1.29, 1.82) is 0 Å². The Labute approximate surface area is 210 Å². The van der Waals surface area contributed by atoms with Crippen molar-refractivity contribution in [2.75, 3.05) is 18.1 Å². The van der Waals surface area contributed by atoms with Gasteiger partial charge in [-0.05, 0) is 75.1 Å². The number of hydrogen-bond donors (Lipinski definition) is 1. The van der Waals surface area contributed by atoms with Gasteiger partial charge in [-0.15, -0.1) is 0 Å². The number of nitrogens with one attached hydrogen (secondary N) is 1. The van der Waals surface area contributed by atoms with Gasteiger partial charge in [-0.25, -0.2) is 13.2 Å². The number of carbonyl (C=O) groups is 2. The number of anilines is 1. The van der Waals surface area contributed by atoms with E-state index in [2.05, 4.69) is 21.2 Å². The molecule has 34 heavy (non-hydrogen) atoms. The number of sulfone groups is 1. The summed E-state index contributed by atoms with van der Waals surface area (Å²) in [6, 6.07) is 12.6. The van der Waals surface area contributed by atoms with E-state index >= 15 is 0 Å². The van der Waals surface area contributed by atoms with Crippen LogP contribution in [0.1, 0.15) is 51.7 Å². The molecule has 0 aliphatic heterocycles. The largest absolute Gasteiger partial charge is 0.444 e. The molecule has 0 unspecified atom stereocenters. The van der Waals surface area contributed by atoms with Gasteiger partial charge in [0.25, 0.3) is 0 Å². The zero-order chi connectivity index (χ0) is 25.5. The molecule has 7 nitrogen and oxygen atoms in total. The molecule has 186 valence electrons. The Morgan fingerprint density at radius 3 is 2.32 bits per heavy atom. The third-order valence-electron chi connectivity index (χ3n) is 4.95. The number of amides is 2. The van der Waals surface area contributed by atoms with Gasteiger partial charge in [0.05, 0.1) is 17.2 Å². The molecule has 2 aromatic rings. The van der Waals surface area contributed by atoms with Crippen LogP contribution in [0.5, 0.6) is 0 Å². The molecule has 0 radical (unpaired) electrons. The summed E-state index contributed by atoms with van der Waals surface area (Å²) in [5.74, 6) is -0.229. The van der Waals surface area contributed by atoms with E-state index in [0.717, 1.165) is 16.5 Å². The number of carbonyl (C=O) groups excluding carboxylic acids is 2. The molecule has 0 aromatic heterocycles. The monoisotopic (exact) mass is 552 g/mol. The lowest BCUT2D eigenvalue weighted by molar-refractivity contribution is -0.116. The maximum Gasteiger partial charge on any atom is 0.410 e. The second kappa shape index (κ2) is 11.8. The summed E-state index contributed by atoms with van der Waals surface area (Å²) >= 11 is 3.41. The van der Waals surface area contributed by atoms with Crippen LogP contribution in [-0.4, -0.2) is 43.7 Å². The first-order chi connectivity index (χ1) is 15.8. The molecular weight excluding hydrogens is 520 g/mol. The summed E-state index contributed by atoms with van der Waals surface area (Å²) in [4.78, 5) is 26.3. The summed E-state index contributed by atoms with van der Waals surface area (Å²) in [5, 5.41) is 2.84. The normalized spacial score (nSPS) is 11.7. The number of halogens is 1. The first-order valence-electron chi connectivity index (χ1n) is 11.1. The molecule has 9 heteroatoms. The Hall–Kier alpha value is -2.39. The molecule has 2 aromatic carbocycles. The molecule has 0 atom stereocenters. The number of benzene rings is 2. The van der Waals surface area contributed by atoms with Crippen molar-refractivity contribution in [2.24, 2.45) is 0 Å². The molecule has 0 saturated carbocycles. The third-order valence-corrected chi connectivity index (χ3v) is 7.31. The summed E-state index contributed by atoms with van der Waals surface area (Å²) in [5.41, 5.74) is 1.38. The second-order valence-corrected chi connectivity index (χ2v) is 12.3. The summed E-state index contributed by atoms with van der Waals surface area (Å²) in [7, 11) is -1.98. The minimum absolute atomic E-state index is 0.0246. The topological polar surface area (TPSA) is 92.8 Å². The Balaban J connectivity index is 2.11. The predicted octanol–water partition coefficient (Wildman–Crippen LogP) is 5.57. The van der Waals surface area contributed by atoms with Crippen molar-refractivity contribution < 1.29 is 22.7 Å². The first kappa shape index (κ1) is 27.9. The van der Waals surface area contributed by atoms with Crippen molar-refractivity contribution in [3.05, 3.63) is 58.1 Å². The van der Waals surface area contributed by atoms with E-state index < -0.39 is 21.5 Å². The lowest BCUT2D eigenvalue weighted by atomic mass is 10.1. The highest BCUT2D eigenvalue weighted by atomic mass is 79.9. The fourth-order valence-corrected chi connectivity index (χ4v) is 4.60. The highest BCUT2D eigenvalue weighted by molar-refractivity contribution is 9.10. The average molecular weight is 554 g/mol. The van der Waals surface area contributed by atoms with E-state index in [1.807, 2.05) is 24.3 Å². The van der Waals surface area contributed by atoms with Crippen LogP contribution < -0.4 is 5.32 Å². The molecule has 0 spiro atoms. The van der Waals surface area contributed by atoms with Gasteiger partial charge in [0.15, 0.2) is 9.84 Å². The van der Waals surface area contributed by atoms with Gasteiger partial charge in [-0.2, -0.15) is 0 Å². The van der Waals surface area contributed by atoms with Crippen molar-refractivity contribution in [3.8, 4) is 0 Å². The molecule has 0 bridgehead atoms. The van der Waals surface area contributed by atoms with E-state index in [9.17, 15) is 18.0 Å². The van der Waals surface area contributed by atoms with E-state index in [0.29, 0.717) is 24.1 Å². The molecule has 0 saturated heterocycles. The van der Waals surface area contributed by atoms with E-state index in [4.69, 9.17) is 4.74 Å². The standard InChI is InChI=1S/C25H33BrN2O5S/c1-6-34(31,32)22-15-14-21(16-19(22)17-28(5)24(30)33-25(2,3)4)27-23(29)9-7-8-18-10-12-20(26)13-11-18/h10-16H,6-9,17H2,1-5H3,(H,27,29). The van der Waals surface area contributed by atoms with Gasteiger partial charge in [-0.3, -0.25) is 4.79 Å². The minimum Gasteiger partial charge on any atom is -0.444 e. The zero-order valence-corrected chi connectivity index (χ0v) is 22.8. The summed E-state index contributed by atoms with van der Waals surface area (Å²) in [6.07, 6.45) is 1.23. The molecule has 0 aliphatic carbocycles. The highest BCUT2D eigenvalue weighted by Crippen LogP contribution is 2.24. The van der Waals surface area contributed by atoms with Gasteiger partial charge in [0.1, 0.15) is 5.60 Å². The number of hydrogen-bond acceptors (Lipinski definition) is 5. The third kappa shape index (κ3) is 8.76. The van der Waals surface area contributed by atoms with Crippen molar-refractivity contribution in [1.82, 2.24) is 4.90 Å². The molecule has 2 amide bonds. The van der Waals surface area contributed by atoms with E-state index in [-0.39, 0.29) is 23.1 Å². The van der Waals surface area contributed by atoms with Gasteiger partial charge in [0.2, 0.25) is 5.91 Å². The lowest BCUT2D eigenvalue weighted by Gasteiger charge is -2.25. The van der Waals surface area contributed by atoms with Crippen LogP contribution >= 0.6 is 15.9 Å². The molecule has 0 aliphatic rings. The fraction of sp³-hybridized carbons (Fsp3) is 0.440. The summed E-state index contributed by atoms with van der Waals surface area (Å²) in [6.45, 7) is 6.88. The van der Waals surface area contributed by atoms with Gasteiger partial charge in [-0.1, -0.05) is 35.0 Å². The first-order valence-corrected chi connectivity index (χ1v) is 13.6. The van der Waals surface area contributed by atoms with Gasteiger partial charge < -0.3 is 15.0 Å². The smallest absolute Gasteiger partial charge is 0.410 e. The molecule has 0 heterocycles. The van der Waals surface area contributed by atoms with Crippen LogP contribution in [0.4, 0.5) is 10.5 Å².